The number of sulfone groups is 1. The minimum absolute atomic E-state index is 0.0381. The first kappa shape index (κ1) is 14.8. The molecule has 0 bridgehead atoms. The number of hydrogen-bond acceptors (Lipinski definition) is 5. The highest BCUT2D eigenvalue weighted by molar-refractivity contribution is 7.92. The zero-order valence-corrected chi connectivity index (χ0v) is 12.8. The van der Waals surface area contributed by atoms with Crippen molar-refractivity contribution in [2.75, 3.05) is 12.4 Å². The highest BCUT2D eigenvalue weighted by atomic mass is 32.2. The largest absolute Gasteiger partial charge is 0.375 e. The van der Waals surface area contributed by atoms with E-state index in [2.05, 4.69) is 5.43 Å². The van der Waals surface area contributed by atoms with Crippen LogP contribution in [0.2, 0.25) is 0 Å². The van der Waals surface area contributed by atoms with E-state index >= 15 is 0 Å². The lowest BCUT2D eigenvalue weighted by atomic mass is 9.70. The van der Waals surface area contributed by atoms with Gasteiger partial charge in [-0.05, 0) is 50.9 Å². The van der Waals surface area contributed by atoms with Crippen LogP contribution < -0.4 is 11.3 Å². The van der Waals surface area contributed by atoms with Crippen molar-refractivity contribution in [1.82, 2.24) is 5.43 Å². The van der Waals surface area contributed by atoms with Crippen LogP contribution in [0.1, 0.15) is 51.4 Å². The molecule has 5 nitrogen and oxygen atoms in total. The van der Waals surface area contributed by atoms with E-state index in [9.17, 15) is 8.42 Å². The van der Waals surface area contributed by atoms with Crippen LogP contribution in [0.5, 0.6) is 0 Å². The van der Waals surface area contributed by atoms with Gasteiger partial charge in [-0.1, -0.05) is 6.42 Å². The van der Waals surface area contributed by atoms with Gasteiger partial charge in [-0.25, -0.2) is 8.42 Å². The first-order chi connectivity index (χ1) is 9.56. The number of nitrogens with one attached hydrogen (secondary N) is 1. The summed E-state index contributed by atoms with van der Waals surface area (Å²) in [6, 6.07) is -0.110. The standard InChI is InChI=1S/C14H26N2O3S/c15-16-13(12-4-1-2-9-20(12,17)18)11-5-8-19-14(10-11)6-3-7-14/h11-13,16H,1-10,15H2. The second kappa shape index (κ2) is 5.55. The van der Waals surface area contributed by atoms with E-state index in [-0.39, 0.29) is 16.9 Å². The maximum Gasteiger partial charge on any atom is 0.154 e. The van der Waals surface area contributed by atoms with Gasteiger partial charge < -0.3 is 4.74 Å². The fourth-order valence-electron chi connectivity index (χ4n) is 4.22. The van der Waals surface area contributed by atoms with E-state index in [0.29, 0.717) is 11.7 Å². The molecule has 3 N–H and O–H groups in total. The topological polar surface area (TPSA) is 81.4 Å². The van der Waals surface area contributed by atoms with Crippen LogP contribution in [-0.4, -0.2) is 37.7 Å². The second-order valence-corrected chi connectivity index (χ2v) is 9.07. The van der Waals surface area contributed by atoms with Crippen molar-refractivity contribution >= 4 is 9.84 Å². The van der Waals surface area contributed by atoms with Crippen molar-refractivity contribution in [2.45, 2.75) is 68.3 Å². The minimum Gasteiger partial charge on any atom is -0.375 e. The van der Waals surface area contributed by atoms with Gasteiger partial charge in [-0.2, -0.15) is 0 Å². The Hall–Kier alpha value is -0.170. The number of nitrogens with two attached hydrogens (primary N) is 1. The zero-order chi connectivity index (χ0) is 14.2. The molecule has 3 atom stereocenters. The molecule has 1 saturated carbocycles. The fourth-order valence-corrected chi connectivity index (χ4v) is 6.40. The van der Waals surface area contributed by atoms with Crippen LogP contribution in [0, 0.1) is 5.92 Å². The monoisotopic (exact) mass is 302 g/mol. The molecule has 6 heteroatoms. The Morgan fingerprint density at radius 3 is 2.60 bits per heavy atom. The van der Waals surface area contributed by atoms with Crippen molar-refractivity contribution in [3.05, 3.63) is 0 Å². The van der Waals surface area contributed by atoms with Crippen molar-refractivity contribution < 1.29 is 13.2 Å². The van der Waals surface area contributed by atoms with Gasteiger partial charge >= 0.3 is 0 Å². The Balaban J connectivity index is 1.75. The Morgan fingerprint density at radius 1 is 1.20 bits per heavy atom. The number of hydrazine groups is 1. The summed E-state index contributed by atoms with van der Waals surface area (Å²) in [6.07, 6.45) is 7.91. The third kappa shape index (κ3) is 2.63. The third-order valence-electron chi connectivity index (χ3n) is 5.53. The normalized spacial score (nSPS) is 37.2. The Kier molecular flexibility index (Phi) is 4.10. The Labute approximate surface area is 121 Å². The van der Waals surface area contributed by atoms with Crippen LogP contribution in [0.4, 0.5) is 0 Å². The molecular formula is C14H26N2O3S. The van der Waals surface area contributed by atoms with E-state index in [1.807, 2.05) is 0 Å². The van der Waals surface area contributed by atoms with Crippen LogP contribution in [0.25, 0.3) is 0 Å². The quantitative estimate of drug-likeness (QED) is 0.603. The van der Waals surface area contributed by atoms with Crippen LogP contribution in [0.15, 0.2) is 0 Å². The summed E-state index contributed by atoms with van der Waals surface area (Å²) in [6.45, 7) is 0.746. The molecule has 0 amide bonds. The highest BCUT2D eigenvalue weighted by Crippen LogP contribution is 2.46. The molecule has 0 radical (unpaired) electrons. The SMILES string of the molecule is NNC(C1CCOC2(CCC2)C1)C1CCCCS1(=O)=O. The van der Waals surface area contributed by atoms with Gasteiger partial charge in [0.25, 0.3) is 0 Å². The van der Waals surface area contributed by atoms with E-state index < -0.39 is 9.84 Å². The lowest BCUT2D eigenvalue weighted by Gasteiger charge is -2.49. The lowest BCUT2D eigenvalue weighted by Crippen LogP contribution is -2.57. The molecule has 2 aliphatic heterocycles. The smallest absolute Gasteiger partial charge is 0.154 e. The molecule has 3 rings (SSSR count). The molecule has 3 fully saturated rings. The van der Waals surface area contributed by atoms with E-state index in [4.69, 9.17) is 10.6 Å². The summed E-state index contributed by atoms with van der Waals surface area (Å²) in [4.78, 5) is 0. The van der Waals surface area contributed by atoms with Crippen LogP contribution in [-0.2, 0) is 14.6 Å². The summed E-state index contributed by atoms with van der Waals surface area (Å²) in [7, 11) is -2.99. The van der Waals surface area contributed by atoms with Gasteiger partial charge in [0.15, 0.2) is 9.84 Å². The highest BCUT2D eigenvalue weighted by Gasteiger charge is 2.47. The molecule has 116 valence electrons. The number of rotatable bonds is 3. The van der Waals surface area contributed by atoms with Crippen molar-refractivity contribution in [3.8, 4) is 0 Å². The Bertz CT molecular complexity index is 447. The maximum atomic E-state index is 12.3. The molecule has 0 aromatic rings. The van der Waals surface area contributed by atoms with Gasteiger partial charge in [0.05, 0.1) is 16.6 Å². The fraction of sp³-hybridized carbons (Fsp3) is 1.00. The molecule has 2 saturated heterocycles. The summed E-state index contributed by atoms with van der Waals surface area (Å²) in [5, 5.41) is -0.304. The number of hydrogen-bond donors (Lipinski definition) is 2. The minimum atomic E-state index is -2.99. The van der Waals surface area contributed by atoms with E-state index in [1.54, 1.807) is 0 Å². The van der Waals surface area contributed by atoms with Gasteiger partial charge in [-0.15, -0.1) is 0 Å². The molecule has 20 heavy (non-hydrogen) atoms. The summed E-state index contributed by atoms with van der Waals surface area (Å²) in [5.41, 5.74) is 2.89. The first-order valence-corrected chi connectivity index (χ1v) is 9.60. The van der Waals surface area contributed by atoms with E-state index in [1.165, 1.54) is 6.42 Å². The molecular weight excluding hydrogens is 276 g/mol. The molecule has 0 aromatic carbocycles. The predicted octanol–water partition coefficient (Wildman–Crippen LogP) is 1.13. The average Bonchev–Trinajstić information content (AvgIpc) is 2.40. The Morgan fingerprint density at radius 2 is 2.00 bits per heavy atom. The lowest BCUT2D eigenvalue weighted by molar-refractivity contribution is -0.147. The summed E-state index contributed by atoms with van der Waals surface area (Å²) < 4.78 is 30.6. The van der Waals surface area contributed by atoms with Gasteiger partial charge in [0.2, 0.25) is 0 Å². The van der Waals surface area contributed by atoms with Crippen molar-refractivity contribution in [3.63, 3.8) is 0 Å². The van der Waals surface area contributed by atoms with Crippen molar-refractivity contribution in [1.29, 1.82) is 0 Å². The first-order valence-electron chi connectivity index (χ1n) is 7.88. The van der Waals surface area contributed by atoms with Gasteiger partial charge in [0, 0.05) is 12.6 Å². The molecule has 2 heterocycles. The molecule has 3 aliphatic rings. The zero-order valence-electron chi connectivity index (χ0n) is 12.0. The van der Waals surface area contributed by atoms with Gasteiger partial charge in [0.1, 0.15) is 0 Å². The van der Waals surface area contributed by atoms with Crippen molar-refractivity contribution in [2.24, 2.45) is 11.8 Å². The summed E-state index contributed by atoms with van der Waals surface area (Å²) in [5.74, 6) is 6.40. The second-order valence-electron chi connectivity index (χ2n) is 6.73. The molecule has 1 aliphatic carbocycles. The predicted molar refractivity (Wildman–Crippen MR) is 77.8 cm³/mol. The molecule has 3 unspecified atom stereocenters. The van der Waals surface area contributed by atoms with Gasteiger partial charge in [-0.3, -0.25) is 11.3 Å². The maximum absolute atomic E-state index is 12.3. The van der Waals surface area contributed by atoms with Crippen LogP contribution in [0.3, 0.4) is 0 Å². The van der Waals surface area contributed by atoms with Crippen LogP contribution >= 0.6 is 0 Å². The number of ether oxygens (including phenoxy) is 1. The van der Waals surface area contributed by atoms with E-state index in [0.717, 1.165) is 51.6 Å². The average molecular weight is 302 g/mol. The molecule has 0 aromatic heterocycles. The summed E-state index contributed by atoms with van der Waals surface area (Å²) >= 11 is 0. The third-order valence-corrected chi connectivity index (χ3v) is 7.83. The molecule has 1 spiro atoms.